The van der Waals surface area contributed by atoms with Crippen molar-refractivity contribution in [2.24, 2.45) is 0 Å². The van der Waals surface area contributed by atoms with Crippen LogP contribution < -0.4 is 0 Å². The third-order valence-electron chi connectivity index (χ3n) is 4.53. The highest BCUT2D eigenvalue weighted by Gasteiger charge is 2.31. The predicted octanol–water partition coefficient (Wildman–Crippen LogP) is 5.43. The van der Waals surface area contributed by atoms with Crippen LogP contribution in [-0.2, 0) is 23.2 Å². The molecule has 166 valence electrons. The zero-order chi connectivity index (χ0) is 21.3. The molecule has 2 unspecified atom stereocenters. The van der Waals surface area contributed by atoms with E-state index in [1.165, 1.54) is 64.2 Å². The lowest BCUT2D eigenvalue weighted by Gasteiger charge is -2.14. The van der Waals surface area contributed by atoms with Gasteiger partial charge in [-0.2, -0.15) is 0 Å². The number of carbonyl (C=O) groups excluding carboxylic acids is 2. The van der Waals surface area contributed by atoms with E-state index in [0.29, 0.717) is 6.42 Å². The normalized spacial score (nSPS) is 14.4. The van der Waals surface area contributed by atoms with E-state index in [1.54, 1.807) is 0 Å². The fourth-order valence-electron chi connectivity index (χ4n) is 2.86. The van der Waals surface area contributed by atoms with Crippen LogP contribution in [0, 0.1) is 0 Å². The summed E-state index contributed by atoms with van der Waals surface area (Å²) in [6.45, 7) is 3.22. The van der Waals surface area contributed by atoms with Crippen molar-refractivity contribution in [3.8, 4) is 0 Å². The molecule has 0 bridgehead atoms. The van der Waals surface area contributed by atoms with Crippen LogP contribution >= 0.6 is 7.82 Å². The number of Topliss-reactive ketones (excluding diaryl/α,β-unsaturated/α-hetero) is 1. The van der Waals surface area contributed by atoms with Gasteiger partial charge in [0.25, 0.3) is 0 Å². The minimum Gasteiger partial charge on any atom is -0.371 e. The quantitative estimate of drug-likeness (QED) is 0.162. The molecule has 0 fully saturated rings. The average molecular weight is 422 g/mol. The second-order valence-electron chi connectivity index (χ2n) is 7.35. The van der Waals surface area contributed by atoms with Gasteiger partial charge in [-0.05, 0) is 13.3 Å². The van der Waals surface area contributed by atoms with Crippen molar-refractivity contribution in [3.05, 3.63) is 0 Å². The Balaban J connectivity index is 3.50. The van der Waals surface area contributed by atoms with Crippen LogP contribution in [0.1, 0.15) is 110 Å². The SMILES string of the molecule is CCCCCCCCCCCCCCCCC(=O)OP(=O)(O)OC(O)C(C)=O. The Labute approximate surface area is 169 Å². The maximum absolute atomic E-state index is 11.5. The number of aliphatic hydroxyl groups excluding tert-OH is 1. The highest BCUT2D eigenvalue weighted by Crippen LogP contribution is 2.44. The lowest BCUT2D eigenvalue weighted by atomic mass is 10.0. The number of phosphoric ester groups is 1. The predicted molar refractivity (Wildman–Crippen MR) is 109 cm³/mol. The molecule has 0 radical (unpaired) electrons. The average Bonchev–Trinajstić information content (AvgIpc) is 2.61. The van der Waals surface area contributed by atoms with Crippen molar-refractivity contribution in [1.82, 2.24) is 0 Å². The highest BCUT2D eigenvalue weighted by atomic mass is 31.2. The Kier molecular flexibility index (Phi) is 16.7. The number of carbonyl (C=O) groups is 2. The Morgan fingerprint density at radius 3 is 1.61 bits per heavy atom. The zero-order valence-electron chi connectivity index (χ0n) is 17.6. The molecule has 2 atom stereocenters. The van der Waals surface area contributed by atoms with E-state index in [-0.39, 0.29) is 6.42 Å². The molecule has 0 aromatic heterocycles. The Morgan fingerprint density at radius 2 is 1.21 bits per heavy atom. The molecule has 0 rings (SSSR count). The van der Waals surface area contributed by atoms with Crippen molar-refractivity contribution in [3.63, 3.8) is 0 Å². The number of rotatable bonds is 19. The summed E-state index contributed by atoms with van der Waals surface area (Å²) in [6.07, 6.45) is 14.6. The maximum Gasteiger partial charge on any atom is 0.532 e. The second kappa shape index (κ2) is 17.1. The molecule has 0 aliphatic carbocycles. The van der Waals surface area contributed by atoms with E-state index in [4.69, 9.17) is 5.11 Å². The van der Waals surface area contributed by atoms with Gasteiger partial charge in [0, 0.05) is 6.42 Å². The fourth-order valence-corrected chi connectivity index (χ4v) is 3.65. The molecule has 0 aliphatic rings. The molecule has 0 aliphatic heterocycles. The van der Waals surface area contributed by atoms with Crippen molar-refractivity contribution in [1.29, 1.82) is 0 Å². The molecule has 28 heavy (non-hydrogen) atoms. The van der Waals surface area contributed by atoms with Crippen LogP contribution in [0.25, 0.3) is 0 Å². The lowest BCUT2D eigenvalue weighted by molar-refractivity contribution is -0.146. The summed E-state index contributed by atoms with van der Waals surface area (Å²) in [5.74, 6) is -1.72. The number of aliphatic hydroxyl groups is 1. The van der Waals surface area contributed by atoms with Gasteiger partial charge >= 0.3 is 13.8 Å². The van der Waals surface area contributed by atoms with Gasteiger partial charge in [0.1, 0.15) is 0 Å². The van der Waals surface area contributed by atoms with Crippen molar-refractivity contribution in [2.75, 3.05) is 0 Å². The molecule has 0 saturated carbocycles. The smallest absolute Gasteiger partial charge is 0.371 e. The fraction of sp³-hybridized carbons (Fsp3) is 0.900. The van der Waals surface area contributed by atoms with E-state index in [0.717, 1.165) is 26.2 Å². The summed E-state index contributed by atoms with van der Waals surface area (Å²) >= 11 is 0. The summed E-state index contributed by atoms with van der Waals surface area (Å²) < 4.78 is 19.9. The summed E-state index contributed by atoms with van der Waals surface area (Å²) in [4.78, 5) is 31.6. The minimum absolute atomic E-state index is 0.00209. The molecule has 2 N–H and O–H groups in total. The third kappa shape index (κ3) is 17.4. The summed E-state index contributed by atoms with van der Waals surface area (Å²) in [6, 6.07) is 0. The first kappa shape index (κ1) is 27.2. The second-order valence-corrected chi connectivity index (χ2v) is 8.68. The van der Waals surface area contributed by atoms with Gasteiger partial charge in [0.05, 0.1) is 0 Å². The number of hydrogen-bond donors (Lipinski definition) is 2. The van der Waals surface area contributed by atoms with Crippen molar-refractivity contribution >= 4 is 19.6 Å². The number of phosphoric acid groups is 1. The van der Waals surface area contributed by atoms with E-state index in [9.17, 15) is 19.0 Å². The Hall–Kier alpha value is -0.750. The standard InChI is InChI=1S/C20H39O7P/c1-3-4-5-6-7-8-9-10-11-12-13-14-15-16-17-19(22)26-28(24,25)27-20(23)18(2)21/h20,23H,3-17H2,1-2H3,(H,24,25). The van der Waals surface area contributed by atoms with Crippen LogP contribution in [0.15, 0.2) is 0 Å². The van der Waals surface area contributed by atoms with Gasteiger partial charge in [0.15, 0.2) is 5.78 Å². The number of hydrogen-bond acceptors (Lipinski definition) is 6. The molecule has 7 nitrogen and oxygen atoms in total. The summed E-state index contributed by atoms with van der Waals surface area (Å²) in [5, 5.41) is 9.09. The topological polar surface area (TPSA) is 110 Å². The van der Waals surface area contributed by atoms with Crippen LogP contribution in [-0.4, -0.2) is 28.0 Å². The van der Waals surface area contributed by atoms with E-state index in [1.807, 2.05) is 0 Å². The number of ketones is 1. The maximum atomic E-state index is 11.5. The van der Waals surface area contributed by atoms with E-state index < -0.39 is 25.9 Å². The van der Waals surface area contributed by atoms with E-state index >= 15 is 0 Å². The molecular formula is C20H39O7P. The highest BCUT2D eigenvalue weighted by molar-refractivity contribution is 7.48. The molecular weight excluding hydrogens is 383 g/mol. The largest absolute Gasteiger partial charge is 0.532 e. The van der Waals surface area contributed by atoms with Crippen LogP contribution in [0.5, 0.6) is 0 Å². The Morgan fingerprint density at radius 1 is 0.821 bits per heavy atom. The van der Waals surface area contributed by atoms with Gasteiger partial charge in [-0.25, -0.2) is 9.09 Å². The van der Waals surface area contributed by atoms with Gasteiger partial charge in [-0.15, -0.1) is 0 Å². The lowest BCUT2D eigenvalue weighted by Crippen LogP contribution is -2.20. The molecule has 0 spiro atoms. The first-order valence-electron chi connectivity index (χ1n) is 10.7. The monoisotopic (exact) mass is 422 g/mol. The van der Waals surface area contributed by atoms with Gasteiger partial charge in [-0.1, -0.05) is 90.4 Å². The first-order chi connectivity index (χ1) is 13.3. The zero-order valence-corrected chi connectivity index (χ0v) is 18.5. The first-order valence-corrected chi connectivity index (χ1v) is 12.2. The van der Waals surface area contributed by atoms with Crippen molar-refractivity contribution in [2.45, 2.75) is 116 Å². The summed E-state index contributed by atoms with van der Waals surface area (Å²) in [5.41, 5.74) is 0. The molecule has 0 amide bonds. The van der Waals surface area contributed by atoms with Gasteiger partial charge < -0.3 is 9.63 Å². The van der Waals surface area contributed by atoms with Gasteiger partial charge in [-0.3, -0.25) is 14.5 Å². The molecule has 0 aromatic carbocycles. The molecule has 0 saturated heterocycles. The van der Waals surface area contributed by atoms with Crippen LogP contribution in [0.3, 0.4) is 0 Å². The van der Waals surface area contributed by atoms with Crippen LogP contribution in [0.4, 0.5) is 0 Å². The van der Waals surface area contributed by atoms with Gasteiger partial charge in [0.2, 0.25) is 6.29 Å². The van der Waals surface area contributed by atoms with Crippen LogP contribution in [0.2, 0.25) is 0 Å². The molecule has 0 aromatic rings. The Bertz CT molecular complexity index is 467. The summed E-state index contributed by atoms with van der Waals surface area (Å²) in [7, 11) is -4.77. The molecule has 8 heteroatoms. The van der Waals surface area contributed by atoms with Crippen molar-refractivity contribution < 1.29 is 33.2 Å². The minimum atomic E-state index is -4.77. The molecule has 0 heterocycles. The third-order valence-corrected chi connectivity index (χ3v) is 5.43. The number of unbranched alkanes of at least 4 members (excludes halogenated alkanes) is 13. The van der Waals surface area contributed by atoms with E-state index in [2.05, 4.69) is 16.0 Å².